The summed E-state index contributed by atoms with van der Waals surface area (Å²) in [5.74, 6) is 1.80. The predicted molar refractivity (Wildman–Crippen MR) is 120 cm³/mol. The molecule has 0 radical (unpaired) electrons. The van der Waals surface area contributed by atoms with Crippen molar-refractivity contribution >= 4 is 11.6 Å². The Bertz CT molecular complexity index is 987. The Hall–Kier alpha value is -2.70. The number of fused-ring (bicyclic) bond motifs is 2. The van der Waals surface area contributed by atoms with E-state index in [4.69, 9.17) is 0 Å². The van der Waals surface area contributed by atoms with Gasteiger partial charge in [-0.15, -0.1) is 0 Å². The lowest BCUT2D eigenvalue weighted by molar-refractivity contribution is -0.122. The van der Waals surface area contributed by atoms with E-state index in [1.165, 1.54) is 11.1 Å². The maximum atomic E-state index is 12.6. The highest BCUT2D eigenvalue weighted by Gasteiger charge is 2.56. The number of aromatic nitrogens is 3. The van der Waals surface area contributed by atoms with E-state index in [0.717, 1.165) is 35.9 Å². The number of carbonyl (C=O) groups is 1. The van der Waals surface area contributed by atoms with E-state index in [0.29, 0.717) is 17.4 Å². The molecule has 2 bridgehead atoms. The molecule has 31 heavy (non-hydrogen) atoms. The summed E-state index contributed by atoms with van der Waals surface area (Å²) in [5.41, 5.74) is 1.89. The molecule has 3 aliphatic carbocycles. The summed E-state index contributed by atoms with van der Waals surface area (Å²) >= 11 is 0. The van der Waals surface area contributed by atoms with Crippen LogP contribution in [0.15, 0.2) is 41.6 Å². The minimum absolute atomic E-state index is 0.0983. The molecule has 3 fully saturated rings. The smallest absolute Gasteiger partial charge is 0.269 e. The fourth-order valence-electron chi connectivity index (χ4n) is 5.58. The molecule has 2 N–H and O–H groups in total. The van der Waals surface area contributed by atoms with Gasteiger partial charge in [0.1, 0.15) is 6.54 Å². The molecule has 0 saturated heterocycles. The molecular formula is C24H33N5O2. The maximum absolute atomic E-state index is 12.6. The van der Waals surface area contributed by atoms with E-state index in [2.05, 4.69) is 41.5 Å². The second-order valence-corrected chi connectivity index (χ2v) is 9.76. The predicted octanol–water partition coefficient (Wildman–Crippen LogP) is 3.39. The van der Waals surface area contributed by atoms with Crippen molar-refractivity contribution in [1.29, 1.82) is 0 Å². The Kier molecular flexibility index (Phi) is 5.86. The highest BCUT2D eigenvalue weighted by Crippen LogP contribution is 2.61. The normalized spacial score (nSPS) is 27.1. The first kappa shape index (κ1) is 21.5. The van der Waals surface area contributed by atoms with Crippen LogP contribution < -0.4 is 16.2 Å². The van der Waals surface area contributed by atoms with Gasteiger partial charge in [-0.1, -0.05) is 27.7 Å². The molecule has 2 aromatic heterocycles. The van der Waals surface area contributed by atoms with E-state index in [-0.39, 0.29) is 24.1 Å². The van der Waals surface area contributed by atoms with Crippen molar-refractivity contribution < 1.29 is 4.79 Å². The van der Waals surface area contributed by atoms with Crippen molar-refractivity contribution in [3.8, 4) is 0 Å². The topological polar surface area (TPSA) is 88.9 Å². The van der Waals surface area contributed by atoms with E-state index in [1.54, 1.807) is 24.7 Å². The number of rotatable bonds is 7. The van der Waals surface area contributed by atoms with Gasteiger partial charge in [0, 0.05) is 24.5 Å². The molecule has 7 heteroatoms. The highest BCUT2D eigenvalue weighted by molar-refractivity contribution is 5.76. The van der Waals surface area contributed by atoms with E-state index < -0.39 is 0 Å². The third-order valence-electron chi connectivity index (χ3n) is 7.72. The molecule has 0 spiro atoms. The molecular weight excluding hydrogens is 390 g/mol. The van der Waals surface area contributed by atoms with Crippen LogP contribution in [0, 0.1) is 23.2 Å². The number of nitrogens with one attached hydrogen (secondary N) is 2. The molecule has 166 valence electrons. The van der Waals surface area contributed by atoms with Crippen molar-refractivity contribution in [3.05, 3.63) is 52.7 Å². The summed E-state index contributed by atoms with van der Waals surface area (Å²) in [5, 5.41) is 10.8. The van der Waals surface area contributed by atoms with Gasteiger partial charge in [0.15, 0.2) is 0 Å². The van der Waals surface area contributed by atoms with Crippen molar-refractivity contribution in [1.82, 2.24) is 20.1 Å². The second kappa shape index (κ2) is 8.44. The van der Waals surface area contributed by atoms with Gasteiger partial charge in [0.2, 0.25) is 5.91 Å². The third kappa shape index (κ3) is 4.23. The molecule has 3 aliphatic rings. The van der Waals surface area contributed by atoms with Crippen LogP contribution in [0.3, 0.4) is 0 Å². The van der Waals surface area contributed by atoms with E-state index in [9.17, 15) is 9.59 Å². The lowest BCUT2D eigenvalue weighted by Gasteiger charge is -2.62. The zero-order chi connectivity index (χ0) is 22.2. The van der Waals surface area contributed by atoms with Gasteiger partial charge in [-0.25, -0.2) is 4.68 Å². The summed E-state index contributed by atoms with van der Waals surface area (Å²) < 4.78 is 1.21. The molecule has 5 rings (SSSR count). The first-order valence-corrected chi connectivity index (χ1v) is 11.3. The average Bonchev–Trinajstić information content (AvgIpc) is 2.75. The lowest BCUT2D eigenvalue weighted by Crippen LogP contribution is -2.58. The van der Waals surface area contributed by atoms with Crippen LogP contribution in [0.2, 0.25) is 0 Å². The van der Waals surface area contributed by atoms with Crippen LogP contribution in [0.1, 0.15) is 58.6 Å². The number of carbonyl (C=O) groups excluding carboxylic acids is 1. The maximum Gasteiger partial charge on any atom is 0.269 e. The Morgan fingerprint density at radius 3 is 2.65 bits per heavy atom. The second-order valence-electron chi connectivity index (χ2n) is 9.76. The zero-order valence-corrected chi connectivity index (χ0v) is 18.8. The van der Waals surface area contributed by atoms with Crippen LogP contribution in [-0.2, 0) is 11.3 Å². The molecule has 3 saturated carbocycles. The van der Waals surface area contributed by atoms with E-state index in [1.807, 2.05) is 19.1 Å². The van der Waals surface area contributed by atoms with Crippen molar-refractivity contribution in [2.24, 2.45) is 23.2 Å². The van der Waals surface area contributed by atoms with Gasteiger partial charge in [-0.05, 0) is 60.1 Å². The van der Waals surface area contributed by atoms with Crippen LogP contribution in [0.25, 0.3) is 0 Å². The first-order valence-electron chi connectivity index (χ1n) is 11.3. The SMILES string of the molecule is CCC(NC(=O)Cn1ncc(N[C@@H]2C[C@@H]3C[C@H]([C@H]2C)C3(C)C)cc1=O)c1ccncc1. The van der Waals surface area contributed by atoms with Crippen molar-refractivity contribution in [2.75, 3.05) is 5.32 Å². The largest absolute Gasteiger partial charge is 0.381 e. The number of nitrogens with zero attached hydrogens (tertiary/aromatic N) is 3. The number of pyridine rings is 1. The first-order chi connectivity index (χ1) is 14.8. The Balaban J connectivity index is 1.37. The lowest BCUT2D eigenvalue weighted by atomic mass is 9.45. The third-order valence-corrected chi connectivity index (χ3v) is 7.72. The van der Waals surface area contributed by atoms with E-state index >= 15 is 0 Å². The molecule has 1 unspecified atom stereocenters. The average molecular weight is 424 g/mol. The minimum Gasteiger partial charge on any atom is -0.381 e. The summed E-state index contributed by atoms with van der Waals surface area (Å²) in [6, 6.07) is 5.57. The van der Waals surface area contributed by atoms with Crippen molar-refractivity contribution in [3.63, 3.8) is 0 Å². The van der Waals surface area contributed by atoms with Crippen LogP contribution in [0.4, 0.5) is 5.69 Å². The van der Waals surface area contributed by atoms with Gasteiger partial charge in [-0.2, -0.15) is 5.10 Å². The molecule has 5 atom stereocenters. The molecule has 0 aromatic carbocycles. The molecule has 0 aliphatic heterocycles. The molecule has 1 amide bonds. The summed E-state index contributed by atoms with van der Waals surface area (Å²) in [6.45, 7) is 8.98. The number of hydrogen-bond acceptors (Lipinski definition) is 5. The van der Waals surface area contributed by atoms with Gasteiger partial charge in [0.05, 0.1) is 17.9 Å². The summed E-state index contributed by atoms with van der Waals surface area (Å²) in [4.78, 5) is 29.1. The Morgan fingerprint density at radius 1 is 1.29 bits per heavy atom. The Morgan fingerprint density at radius 2 is 2.03 bits per heavy atom. The van der Waals surface area contributed by atoms with Gasteiger partial charge >= 0.3 is 0 Å². The summed E-state index contributed by atoms with van der Waals surface area (Å²) in [6.07, 6.45) is 8.27. The fraction of sp³-hybridized carbons (Fsp3) is 0.583. The number of anilines is 1. The number of hydrogen-bond donors (Lipinski definition) is 2. The monoisotopic (exact) mass is 423 g/mol. The Labute approximate surface area is 183 Å². The van der Waals surface area contributed by atoms with Crippen LogP contribution >= 0.6 is 0 Å². The molecule has 2 aromatic rings. The molecule has 2 heterocycles. The quantitative estimate of drug-likeness (QED) is 0.713. The highest BCUT2D eigenvalue weighted by atomic mass is 16.2. The minimum atomic E-state index is -0.272. The standard InChI is InChI=1S/C24H33N5O2/c1-5-20(16-6-8-25-9-7-16)28-22(30)14-29-23(31)12-18(13-26-29)27-21-11-17-10-19(15(21)2)24(17,3)4/h6-9,12-13,15,17,19-21,27H,5,10-11,14H2,1-4H3,(H,28,30)/t15-,17+,19-,20?,21-/m1/s1. The molecule has 7 nitrogen and oxygen atoms in total. The zero-order valence-electron chi connectivity index (χ0n) is 18.8. The fourth-order valence-corrected chi connectivity index (χ4v) is 5.58. The van der Waals surface area contributed by atoms with Crippen molar-refractivity contribution in [2.45, 2.75) is 65.6 Å². The van der Waals surface area contributed by atoms with Crippen LogP contribution in [0.5, 0.6) is 0 Å². The van der Waals surface area contributed by atoms with Crippen LogP contribution in [-0.4, -0.2) is 26.7 Å². The van der Waals surface area contributed by atoms with Gasteiger partial charge in [-0.3, -0.25) is 14.6 Å². The number of amides is 1. The van der Waals surface area contributed by atoms with Gasteiger partial charge in [0.25, 0.3) is 5.56 Å². The van der Waals surface area contributed by atoms with Gasteiger partial charge < -0.3 is 10.6 Å². The summed E-state index contributed by atoms with van der Waals surface area (Å²) in [7, 11) is 0.